The van der Waals surface area contributed by atoms with E-state index in [4.69, 9.17) is 33.5 Å². The molecule has 0 aromatic heterocycles. The first-order chi connectivity index (χ1) is 40.8. The lowest BCUT2D eigenvalue weighted by Crippen LogP contribution is -2.64. The summed E-state index contributed by atoms with van der Waals surface area (Å²) in [5, 5.41) is 76.2. The minimum Gasteiger partial charge on any atom is -0.481 e. The molecule has 0 aliphatic carbocycles. The molecule has 0 aromatic carbocycles. The van der Waals surface area contributed by atoms with Crippen LogP contribution in [0, 0.1) is 0 Å². The number of halogens is 1. The number of rotatable bonds is 30. The van der Waals surface area contributed by atoms with Gasteiger partial charge >= 0.3 is 11.9 Å². The van der Waals surface area contributed by atoms with Crippen molar-refractivity contribution < 1.29 is 87.8 Å². The zero-order valence-corrected chi connectivity index (χ0v) is 50.4. The molecular weight excluding hydrogens is 1150 g/mol. The molecule has 0 radical (unpaired) electrons. The molecule has 1 fully saturated rings. The van der Waals surface area contributed by atoms with E-state index in [1.165, 1.54) is 6.92 Å². The van der Waals surface area contributed by atoms with Gasteiger partial charge in [-0.05, 0) is 78.4 Å². The topological polar surface area (TPSA) is 514 Å². The number of aliphatic hydroxyl groups excluding tert-OH is 4. The van der Waals surface area contributed by atoms with Crippen LogP contribution < -0.4 is 70.4 Å². The number of carboxylic acid groups (broad SMARTS) is 1. The average Bonchev–Trinajstić information content (AvgIpc) is 2.70. The first-order valence-corrected chi connectivity index (χ1v) is 29.8. The second kappa shape index (κ2) is 43.1. The van der Waals surface area contributed by atoms with Crippen LogP contribution in [0.3, 0.4) is 0 Å². The molecule has 1 aliphatic heterocycles. The Morgan fingerprint density at radius 3 is 1.69 bits per heavy atom. The lowest BCUT2D eigenvalue weighted by Gasteiger charge is -2.29. The molecule has 6 unspecified atom stereocenters. The van der Waals surface area contributed by atoms with E-state index >= 15 is 0 Å². The van der Waals surface area contributed by atoms with Crippen LogP contribution in [0.25, 0.3) is 0 Å². The number of hydrogen-bond acceptors (Lipinski definition) is 20. The molecule has 0 spiro atoms. The molecule has 0 aromatic rings. The summed E-state index contributed by atoms with van der Waals surface area (Å²) in [5.41, 5.74) is 16.6. The van der Waals surface area contributed by atoms with Crippen LogP contribution in [0.2, 0.25) is 0 Å². The number of aliphatic hydroxyl groups is 4. The fourth-order valence-corrected chi connectivity index (χ4v) is 8.77. The SMILES string of the molecule is C/C=C1/NC(=O)C([C@H](C)O)NC(=O)[C@H](CCN)NC(=O)C([C@H](O)C(=O)NCCC)NC(=O)C(CCCCN)NC(=O)[C@H](CC(=O)O)NC(=O)C(CCN)NC(=O)C(NC(=O)C[C@H](O)CCCCCCCCCCC)COC(=O)C([C@H](O)CCl)NC1=O. The van der Waals surface area contributed by atoms with Crippen LogP contribution in [0.4, 0.5) is 0 Å². The number of esters is 1. The molecule has 86 heavy (non-hydrogen) atoms. The summed E-state index contributed by atoms with van der Waals surface area (Å²) in [6, 6.07) is -15.6. The summed E-state index contributed by atoms with van der Waals surface area (Å²) in [7, 11) is 0. The van der Waals surface area contributed by atoms with E-state index in [9.17, 15) is 83.1 Å². The normalized spacial score (nSPS) is 24.0. The van der Waals surface area contributed by atoms with Gasteiger partial charge in [-0.1, -0.05) is 77.7 Å². The molecule has 10 amide bonds. The highest BCUT2D eigenvalue weighted by atomic mass is 35.5. The Morgan fingerprint density at radius 2 is 1.15 bits per heavy atom. The van der Waals surface area contributed by atoms with Gasteiger partial charge in [-0.15, -0.1) is 11.6 Å². The Labute approximate surface area is 505 Å². The summed E-state index contributed by atoms with van der Waals surface area (Å²) in [5.74, 6) is -16.3. The number of alkyl halides is 1. The molecular formula is C54H94ClN13O18. The number of aliphatic carboxylic acids is 1. The summed E-state index contributed by atoms with van der Waals surface area (Å²) in [4.78, 5) is 165. The van der Waals surface area contributed by atoms with Crippen molar-refractivity contribution in [3.8, 4) is 0 Å². The van der Waals surface area contributed by atoms with Crippen molar-refractivity contribution in [2.24, 2.45) is 17.2 Å². The van der Waals surface area contributed by atoms with E-state index in [0.29, 0.717) is 12.8 Å². The third kappa shape index (κ3) is 29.2. The molecule has 32 heteroatoms. The monoisotopic (exact) mass is 1250 g/mol. The lowest BCUT2D eigenvalue weighted by molar-refractivity contribution is -0.153. The van der Waals surface area contributed by atoms with Crippen molar-refractivity contribution in [3.63, 3.8) is 0 Å². The summed E-state index contributed by atoms with van der Waals surface area (Å²) in [6.45, 7) is 4.36. The van der Waals surface area contributed by atoms with Gasteiger partial charge in [0.15, 0.2) is 12.1 Å². The van der Waals surface area contributed by atoms with Gasteiger partial charge in [0.25, 0.3) is 11.8 Å². The number of nitrogens with two attached hydrogens (primary N) is 3. The molecule has 1 aliphatic rings. The largest absolute Gasteiger partial charge is 0.481 e. The fourth-order valence-electron chi connectivity index (χ4n) is 8.59. The van der Waals surface area contributed by atoms with Crippen molar-refractivity contribution in [1.82, 2.24) is 53.2 Å². The van der Waals surface area contributed by atoms with Crippen molar-refractivity contribution in [2.45, 2.75) is 216 Å². The Bertz CT molecular complexity index is 2250. The van der Waals surface area contributed by atoms with Crippen LogP contribution in [-0.2, 0) is 62.3 Å². The first kappa shape index (κ1) is 77.4. The highest BCUT2D eigenvalue weighted by Gasteiger charge is 2.40. The van der Waals surface area contributed by atoms with E-state index in [1.54, 1.807) is 6.92 Å². The maximum atomic E-state index is 14.2. The molecule has 1 saturated heterocycles. The molecule has 1 rings (SSSR count). The predicted octanol–water partition coefficient (Wildman–Crippen LogP) is -4.72. The third-order valence-corrected chi connectivity index (χ3v) is 13.8. The van der Waals surface area contributed by atoms with E-state index in [1.807, 2.05) is 0 Å². The van der Waals surface area contributed by atoms with E-state index in [2.05, 4.69) is 60.1 Å². The van der Waals surface area contributed by atoms with Crippen molar-refractivity contribution in [2.75, 3.05) is 38.7 Å². The predicted molar refractivity (Wildman–Crippen MR) is 311 cm³/mol. The van der Waals surface area contributed by atoms with Gasteiger partial charge < -0.3 is 101 Å². The van der Waals surface area contributed by atoms with Gasteiger partial charge in [0.1, 0.15) is 54.6 Å². The van der Waals surface area contributed by atoms with E-state index < -0.39 is 188 Å². The van der Waals surface area contributed by atoms with Gasteiger partial charge in [-0.3, -0.25) is 52.7 Å². The summed E-state index contributed by atoms with van der Waals surface area (Å²) in [6.07, 6.45) is 0.562. The first-order valence-electron chi connectivity index (χ1n) is 29.3. The molecule has 1 heterocycles. The summed E-state index contributed by atoms with van der Waals surface area (Å²) < 4.78 is 5.36. The minimum atomic E-state index is -2.41. The minimum absolute atomic E-state index is 0.0236. The number of carbonyl (C=O) groups is 12. The fraction of sp³-hybridized carbons (Fsp3) is 0.741. The quantitative estimate of drug-likeness (QED) is 0.0139. The van der Waals surface area contributed by atoms with Crippen LogP contribution in [-0.4, -0.2) is 208 Å². The number of unbranched alkanes of at least 4 members (excludes halogenated alkanes) is 9. The van der Waals surface area contributed by atoms with Crippen LogP contribution in [0.5, 0.6) is 0 Å². The molecule has 31 nitrogen and oxygen atoms in total. The number of amides is 10. The van der Waals surface area contributed by atoms with E-state index in [-0.39, 0.29) is 51.9 Å². The number of allylic oxidation sites excluding steroid dienone is 1. The Hall–Kier alpha value is -6.61. The van der Waals surface area contributed by atoms with Crippen molar-refractivity contribution in [3.05, 3.63) is 11.8 Å². The zero-order valence-electron chi connectivity index (χ0n) is 49.6. The number of hydrogen-bond donors (Lipinski definition) is 18. The van der Waals surface area contributed by atoms with E-state index in [0.717, 1.165) is 64.4 Å². The standard InChI is InChI=1S/C54H94ClN13O18/c1-5-8-9-10-11-12-13-14-15-18-31(70)26-39(72)60-37-29-86-54(85)42(38(71)28-55)67-45(76)32(7-3)61-51(82)41(30(4)69)66-48(79)35(21-24-58)64-52(83)43(44(75)53(84)59-25-6-2)68-47(78)33(19-16-17-22-56)62-49(80)36(27-40(73)74)65-46(77)34(20-23-57)63-50(37)81/h7,30-31,33-38,41-44,69-71,75H,5-6,8-29,56-58H2,1-4H3,(H,59,84)(H,60,72)(H,61,82)(H,62,80)(H,63,81)(H,64,83)(H,65,77)(H,66,79)(H,67,76)(H,68,78)(H,73,74)/b32-7+/t30-,31+,33?,34?,35-,36-,37?,38+,41?,42?,43?,44-/m0/s1. The molecule has 490 valence electrons. The Morgan fingerprint density at radius 1 is 0.628 bits per heavy atom. The van der Waals surface area contributed by atoms with Crippen LogP contribution >= 0.6 is 11.6 Å². The second-order valence-corrected chi connectivity index (χ2v) is 21.1. The van der Waals surface area contributed by atoms with Crippen LogP contribution in [0.15, 0.2) is 11.8 Å². The smallest absolute Gasteiger partial charge is 0.331 e. The van der Waals surface area contributed by atoms with Gasteiger partial charge in [0, 0.05) is 6.54 Å². The maximum absolute atomic E-state index is 14.2. The summed E-state index contributed by atoms with van der Waals surface area (Å²) >= 11 is 5.92. The van der Waals surface area contributed by atoms with Crippen molar-refractivity contribution in [1.29, 1.82) is 0 Å². The van der Waals surface area contributed by atoms with Gasteiger partial charge in [0.2, 0.25) is 47.3 Å². The van der Waals surface area contributed by atoms with Gasteiger partial charge in [-0.2, -0.15) is 0 Å². The number of carbonyl (C=O) groups excluding carboxylic acids is 11. The number of nitrogens with one attached hydrogen (secondary N) is 10. The zero-order chi connectivity index (χ0) is 64.9. The molecule has 0 bridgehead atoms. The highest BCUT2D eigenvalue weighted by molar-refractivity contribution is 6.18. The van der Waals surface area contributed by atoms with Crippen LogP contribution in [0.1, 0.15) is 143 Å². The number of carboxylic acids is 1. The van der Waals surface area contributed by atoms with Crippen molar-refractivity contribution >= 4 is 82.6 Å². The molecule has 21 N–H and O–H groups in total. The third-order valence-electron chi connectivity index (χ3n) is 13.5. The van der Waals surface area contributed by atoms with Gasteiger partial charge in [-0.25, -0.2) is 4.79 Å². The number of ether oxygens (including phenoxy) is 1. The van der Waals surface area contributed by atoms with Gasteiger partial charge in [0.05, 0.1) is 37.0 Å². The average molecular weight is 1250 g/mol. The maximum Gasteiger partial charge on any atom is 0.331 e. The Kier molecular flexibility index (Phi) is 38.8. The highest BCUT2D eigenvalue weighted by Crippen LogP contribution is 2.14. The lowest BCUT2D eigenvalue weighted by atomic mass is 10.0. The number of cyclic esters (lactones) is 1. The Balaban J connectivity index is 4.06. The second-order valence-electron chi connectivity index (χ2n) is 20.8. The molecule has 12 atom stereocenters. The molecule has 0 saturated carbocycles.